The molecule has 0 bridgehead atoms. The number of carbonyl (C=O) groups excluding carboxylic acids is 2. The van der Waals surface area contributed by atoms with Crippen LogP contribution in [0.3, 0.4) is 0 Å². The molecule has 7 nitrogen and oxygen atoms in total. The summed E-state index contributed by atoms with van der Waals surface area (Å²) in [6.45, 7) is 4.10. The Balaban J connectivity index is 1.77. The molecule has 1 saturated heterocycles. The van der Waals surface area contributed by atoms with Gasteiger partial charge in [0.05, 0.1) is 12.2 Å². The van der Waals surface area contributed by atoms with E-state index in [0.29, 0.717) is 6.54 Å². The number of nitrogens with one attached hydrogen (secondary N) is 1. The van der Waals surface area contributed by atoms with Gasteiger partial charge in [-0.3, -0.25) is 14.4 Å². The fraction of sp³-hybridized carbons (Fsp3) is 0.381. The molecule has 0 spiro atoms. The molecular formula is C21H24N2O5. The van der Waals surface area contributed by atoms with Crippen molar-refractivity contribution in [3.8, 4) is 0 Å². The zero-order valence-corrected chi connectivity index (χ0v) is 15.9. The van der Waals surface area contributed by atoms with E-state index in [1.807, 2.05) is 44.2 Å². The Hall–Kier alpha value is -3.09. The van der Waals surface area contributed by atoms with Crippen LogP contribution in [0.2, 0.25) is 0 Å². The average molecular weight is 384 g/mol. The molecule has 7 heteroatoms. The van der Waals surface area contributed by atoms with Gasteiger partial charge in [0, 0.05) is 19.0 Å². The van der Waals surface area contributed by atoms with Gasteiger partial charge in [0.2, 0.25) is 5.91 Å². The van der Waals surface area contributed by atoms with Crippen molar-refractivity contribution < 1.29 is 23.9 Å². The van der Waals surface area contributed by atoms with Crippen LogP contribution in [-0.4, -0.2) is 46.9 Å². The third kappa shape index (κ3) is 4.08. The highest BCUT2D eigenvalue weighted by molar-refractivity contribution is 5.95. The second-order valence-electron chi connectivity index (χ2n) is 7.38. The monoisotopic (exact) mass is 384 g/mol. The van der Waals surface area contributed by atoms with Gasteiger partial charge >= 0.3 is 5.97 Å². The van der Waals surface area contributed by atoms with E-state index in [1.165, 1.54) is 12.3 Å². The maximum atomic E-state index is 13.1. The van der Waals surface area contributed by atoms with E-state index in [2.05, 4.69) is 5.32 Å². The number of carbonyl (C=O) groups is 3. The summed E-state index contributed by atoms with van der Waals surface area (Å²) in [5.74, 6) is -2.66. The maximum absolute atomic E-state index is 13.1. The number of nitrogens with zero attached hydrogens (tertiary/aromatic N) is 1. The smallest absolute Gasteiger partial charge is 0.308 e. The lowest BCUT2D eigenvalue weighted by molar-refractivity contribution is -0.142. The topological polar surface area (TPSA) is 99.9 Å². The van der Waals surface area contributed by atoms with Crippen LogP contribution in [0.15, 0.2) is 53.1 Å². The minimum Gasteiger partial charge on any atom is -0.481 e. The van der Waals surface area contributed by atoms with Crippen molar-refractivity contribution in [2.75, 3.05) is 13.1 Å². The zero-order valence-electron chi connectivity index (χ0n) is 15.9. The number of hydrogen-bond donors (Lipinski definition) is 2. The van der Waals surface area contributed by atoms with E-state index in [-0.39, 0.29) is 30.0 Å². The van der Waals surface area contributed by atoms with Crippen molar-refractivity contribution in [1.82, 2.24) is 10.2 Å². The minimum absolute atomic E-state index is 0.119. The van der Waals surface area contributed by atoms with Crippen LogP contribution in [-0.2, 0) is 9.59 Å². The van der Waals surface area contributed by atoms with E-state index in [1.54, 1.807) is 11.0 Å². The number of aliphatic carboxylic acids is 1. The number of hydrogen-bond acceptors (Lipinski definition) is 4. The van der Waals surface area contributed by atoms with Gasteiger partial charge < -0.3 is 19.7 Å². The highest BCUT2D eigenvalue weighted by atomic mass is 16.4. The molecule has 2 aromatic rings. The molecule has 28 heavy (non-hydrogen) atoms. The number of amides is 2. The fourth-order valence-corrected chi connectivity index (χ4v) is 3.60. The highest BCUT2D eigenvalue weighted by Crippen LogP contribution is 2.33. The number of furan rings is 1. The molecule has 0 saturated carbocycles. The van der Waals surface area contributed by atoms with E-state index in [0.717, 1.165) is 5.56 Å². The van der Waals surface area contributed by atoms with Gasteiger partial charge in [0.15, 0.2) is 5.76 Å². The number of likely N-dealkylation sites (tertiary alicyclic amines) is 1. The van der Waals surface area contributed by atoms with Gasteiger partial charge in [-0.25, -0.2) is 0 Å². The Labute approximate surface area is 163 Å². The predicted octanol–water partition coefficient (Wildman–Crippen LogP) is 2.36. The lowest BCUT2D eigenvalue weighted by atomic mass is 9.89. The van der Waals surface area contributed by atoms with Crippen molar-refractivity contribution in [2.45, 2.75) is 25.8 Å². The Bertz CT molecular complexity index is 832. The third-order valence-corrected chi connectivity index (χ3v) is 5.14. The third-order valence-electron chi connectivity index (χ3n) is 5.14. The molecule has 1 fully saturated rings. The molecule has 148 valence electrons. The van der Waals surface area contributed by atoms with Crippen LogP contribution >= 0.6 is 0 Å². The second-order valence-corrected chi connectivity index (χ2v) is 7.38. The second kappa shape index (κ2) is 8.29. The lowest BCUT2D eigenvalue weighted by Crippen LogP contribution is -2.50. The molecule has 0 radical (unpaired) electrons. The van der Waals surface area contributed by atoms with Crippen LogP contribution in [0.4, 0.5) is 0 Å². The minimum atomic E-state index is -0.926. The van der Waals surface area contributed by atoms with Crippen LogP contribution in [0.5, 0.6) is 0 Å². The van der Waals surface area contributed by atoms with Gasteiger partial charge in [-0.1, -0.05) is 44.2 Å². The summed E-state index contributed by atoms with van der Waals surface area (Å²) in [5, 5.41) is 12.4. The van der Waals surface area contributed by atoms with Crippen LogP contribution < -0.4 is 5.32 Å². The molecular weight excluding hydrogens is 360 g/mol. The van der Waals surface area contributed by atoms with Gasteiger partial charge in [-0.05, 0) is 23.6 Å². The van der Waals surface area contributed by atoms with E-state index in [4.69, 9.17) is 4.42 Å². The molecule has 3 unspecified atom stereocenters. The van der Waals surface area contributed by atoms with E-state index >= 15 is 0 Å². The molecule has 1 aliphatic heterocycles. The number of rotatable bonds is 6. The molecule has 2 heterocycles. The molecule has 2 amide bonds. The Kier molecular flexibility index (Phi) is 5.82. The Morgan fingerprint density at radius 3 is 2.39 bits per heavy atom. The fourth-order valence-electron chi connectivity index (χ4n) is 3.60. The van der Waals surface area contributed by atoms with Crippen molar-refractivity contribution >= 4 is 17.8 Å². The standard InChI is InChI=1S/C21H24N2O5/c1-13(2)18(22-19(24)17-9-6-10-28-17)20(25)23-11-15(16(12-23)21(26)27)14-7-4-3-5-8-14/h3-10,13,15-16,18H,11-12H2,1-2H3,(H,22,24)(H,26,27). The van der Waals surface area contributed by atoms with Gasteiger partial charge in [-0.2, -0.15) is 0 Å². The Morgan fingerprint density at radius 2 is 1.82 bits per heavy atom. The molecule has 3 atom stereocenters. The SMILES string of the molecule is CC(C)C(NC(=O)c1ccco1)C(=O)N1CC(C(=O)O)C(c2ccccc2)C1. The van der Waals surface area contributed by atoms with E-state index < -0.39 is 23.8 Å². The first-order valence-corrected chi connectivity index (χ1v) is 9.29. The van der Waals surface area contributed by atoms with Crippen molar-refractivity contribution in [2.24, 2.45) is 11.8 Å². The summed E-state index contributed by atoms with van der Waals surface area (Å²) in [6.07, 6.45) is 1.39. The quantitative estimate of drug-likeness (QED) is 0.796. The summed E-state index contributed by atoms with van der Waals surface area (Å²) in [4.78, 5) is 38.8. The van der Waals surface area contributed by atoms with Gasteiger partial charge in [0.1, 0.15) is 6.04 Å². The van der Waals surface area contributed by atoms with Gasteiger partial charge in [0.25, 0.3) is 5.91 Å². The van der Waals surface area contributed by atoms with Crippen LogP contribution in [0.1, 0.15) is 35.9 Å². The summed E-state index contributed by atoms with van der Waals surface area (Å²) in [6, 6.07) is 11.7. The van der Waals surface area contributed by atoms with E-state index in [9.17, 15) is 19.5 Å². The lowest BCUT2D eigenvalue weighted by Gasteiger charge is -2.26. The first-order valence-electron chi connectivity index (χ1n) is 9.29. The molecule has 2 N–H and O–H groups in total. The highest BCUT2D eigenvalue weighted by Gasteiger charge is 2.42. The van der Waals surface area contributed by atoms with Crippen molar-refractivity contribution in [1.29, 1.82) is 0 Å². The summed E-state index contributed by atoms with van der Waals surface area (Å²) >= 11 is 0. The molecule has 1 aliphatic rings. The number of benzene rings is 1. The van der Waals surface area contributed by atoms with Gasteiger partial charge in [-0.15, -0.1) is 0 Å². The first-order chi connectivity index (χ1) is 13.4. The average Bonchev–Trinajstić information content (AvgIpc) is 3.35. The summed E-state index contributed by atoms with van der Waals surface area (Å²) < 4.78 is 5.09. The largest absolute Gasteiger partial charge is 0.481 e. The number of carboxylic acids is 1. The molecule has 1 aromatic heterocycles. The van der Waals surface area contributed by atoms with Crippen molar-refractivity contribution in [3.63, 3.8) is 0 Å². The summed E-state index contributed by atoms with van der Waals surface area (Å²) in [7, 11) is 0. The predicted molar refractivity (Wildman–Crippen MR) is 102 cm³/mol. The zero-order chi connectivity index (χ0) is 20.3. The first kappa shape index (κ1) is 19.7. The summed E-state index contributed by atoms with van der Waals surface area (Å²) in [5.41, 5.74) is 0.894. The molecule has 0 aliphatic carbocycles. The Morgan fingerprint density at radius 1 is 1.11 bits per heavy atom. The van der Waals surface area contributed by atoms with Crippen LogP contribution in [0, 0.1) is 11.8 Å². The molecule has 3 rings (SSSR count). The maximum Gasteiger partial charge on any atom is 0.308 e. The number of carboxylic acid groups (broad SMARTS) is 1. The van der Waals surface area contributed by atoms with Crippen molar-refractivity contribution in [3.05, 3.63) is 60.1 Å². The normalized spacial score (nSPS) is 20.2. The molecule has 1 aromatic carbocycles. The van der Waals surface area contributed by atoms with Crippen LogP contribution in [0.25, 0.3) is 0 Å².